The molecule has 0 atom stereocenters. The van der Waals surface area contributed by atoms with E-state index in [1.165, 1.54) is 5.56 Å². The Morgan fingerprint density at radius 1 is 1.23 bits per heavy atom. The molecule has 0 saturated carbocycles. The lowest BCUT2D eigenvalue weighted by Crippen LogP contribution is -2.38. The zero-order valence-electron chi connectivity index (χ0n) is 23.1. The van der Waals surface area contributed by atoms with Crippen molar-refractivity contribution in [2.45, 2.75) is 45.9 Å². The average molecular weight is 577 g/mol. The number of anilines is 2. The second kappa shape index (κ2) is 11.9. The van der Waals surface area contributed by atoms with Gasteiger partial charge in [-0.1, -0.05) is 23.7 Å². The summed E-state index contributed by atoms with van der Waals surface area (Å²) in [5.74, 6) is 1.35. The van der Waals surface area contributed by atoms with E-state index in [4.69, 9.17) is 16.3 Å². The van der Waals surface area contributed by atoms with Crippen molar-refractivity contribution in [3.8, 4) is 5.75 Å². The van der Waals surface area contributed by atoms with Crippen molar-refractivity contribution in [1.29, 1.82) is 0 Å². The minimum atomic E-state index is 0.0369. The first-order valence-corrected chi connectivity index (χ1v) is 14.4. The largest absolute Gasteiger partial charge is 0.486 e. The summed E-state index contributed by atoms with van der Waals surface area (Å²) in [7, 11) is 2.06. The van der Waals surface area contributed by atoms with E-state index in [0.29, 0.717) is 30.5 Å². The highest BCUT2D eigenvalue weighted by molar-refractivity contribution is 7.19. The molecular weight excluding hydrogens is 544 g/mol. The van der Waals surface area contributed by atoms with Crippen LogP contribution in [-0.4, -0.2) is 56.3 Å². The van der Waals surface area contributed by atoms with Crippen LogP contribution in [0.4, 0.5) is 11.5 Å². The second-order valence-electron chi connectivity index (χ2n) is 10.7. The van der Waals surface area contributed by atoms with Crippen molar-refractivity contribution in [3.05, 3.63) is 82.2 Å². The minimum Gasteiger partial charge on any atom is -0.486 e. The molecule has 0 saturated heterocycles. The Morgan fingerprint density at radius 3 is 2.83 bits per heavy atom. The van der Waals surface area contributed by atoms with Crippen molar-refractivity contribution in [2.75, 3.05) is 25.5 Å². The molecule has 0 bridgehead atoms. The van der Waals surface area contributed by atoms with E-state index in [1.807, 2.05) is 47.4 Å². The maximum atomic E-state index is 12.9. The number of ether oxygens (including phenoxy) is 1. The predicted molar refractivity (Wildman–Crippen MR) is 161 cm³/mol. The average Bonchev–Trinajstić information content (AvgIpc) is 3.31. The van der Waals surface area contributed by atoms with Gasteiger partial charge in [0.1, 0.15) is 29.3 Å². The maximum absolute atomic E-state index is 12.9. The number of nitrogens with zero attached hydrogens (tertiary/aromatic N) is 5. The van der Waals surface area contributed by atoms with Crippen LogP contribution >= 0.6 is 22.9 Å². The number of hydrogen-bond acceptors (Lipinski definition) is 8. The molecule has 5 rings (SSSR count). The summed E-state index contributed by atoms with van der Waals surface area (Å²) >= 11 is 8.15. The molecule has 1 amide bonds. The van der Waals surface area contributed by atoms with Crippen molar-refractivity contribution < 1.29 is 9.53 Å². The molecular formula is C30H33ClN6O2S. The van der Waals surface area contributed by atoms with Gasteiger partial charge < -0.3 is 15.0 Å². The highest BCUT2D eigenvalue weighted by atomic mass is 35.5. The van der Waals surface area contributed by atoms with Crippen LogP contribution in [0.5, 0.6) is 5.75 Å². The standard InChI is InChI=1S/C30H33ClN6O2S/c1-30(2,3)36(4)14-7-9-26(38)37-15-12-22-25(17-37)40-29-27(22)28(33-19-34-29)35-20-10-11-24(23(31)16-20)39-18-21-8-5-6-13-32-21/h5-11,13,16,19H,12,14-15,17-18H2,1-4H3,(H,33,34,35)/b9-7+. The number of likely N-dealkylation sites (N-methyl/N-ethyl adjacent to an activating group) is 1. The molecule has 0 spiro atoms. The van der Waals surface area contributed by atoms with Crippen molar-refractivity contribution >= 4 is 50.6 Å². The predicted octanol–water partition coefficient (Wildman–Crippen LogP) is 6.23. The van der Waals surface area contributed by atoms with Crippen LogP contribution in [0.15, 0.2) is 61.1 Å². The number of halogens is 1. The van der Waals surface area contributed by atoms with Gasteiger partial charge in [0.2, 0.25) is 5.91 Å². The van der Waals surface area contributed by atoms with Gasteiger partial charge in [-0.15, -0.1) is 11.3 Å². The topological polar surface area (TPSA) is 83.5 Å². The molecule has 0 radical (unpaired) electrons. The van der Waals surface area contributed by atoms with Gasteiger partial charge in [0.05, 0.1) is 22.6 Å². The van der Waals surface area contributed by atoms with E-state index in [0.717, 1.165) is 45.3 Å². The number of thiophene rings is 1. The Morgan fingerprint density at radius 2 is 2.08 bits per heavy atom. The summed E-state index contributed by atoms with van der Waals surface area (Å²) in [6.07, 6.45) is 7.69. The maximum Gasteiger partial charge on any atom is 0.246 e. The van der Waals surface area contributed by atoms with E-state index in [-0.39, 0.29) is 11.4 Å². The summed E-state index contributed by atoms with van der Waals surface area (Å²) in [5.41, 5.74) is 2.88. The first-order chi connectivity index (χ1) is 19.2. The van der Waals surface area contributed by atoms with Gasteiger partial charge in [0.15, 0.2) is 0 Å². The molecule has 1 aromatic carbocycles. The number of benzene rings is 1. The second-order valence-corrected chi connectivity index (χ2v) is 12.2. The van der Waals surface area contributed by atoms with Crippen molar-refractivity contribution in [1.82, 2.24) is 24.8 Å². The fourth-order valence-corrected chi connectivity index (χ4v) is 5.81. The summed E-state index contributed by atoms with van der Waals surface area (Å²) in [4.78, 5) is 32.4. The Hall–Kier alpha value is -3.53. The highest BCUT2D eigenvalue weighted by Crippen LogP contribution is 2.39. The molecule has 1 aliphatic rings. The number of carbonyl (C=O) groups excluding carboxylic acids is 1. The molecule has 40 heavy (non-hydrogen) atoms. The fraction of sp³-hybridized carbons (Fsp3) is 0.333. The van der Waals surface area contributed by atoms with Gasteiger partial charge in [-0.05, 0) is 70.1 Å². The van der Waals surface area contributed by atoms with Crippen LogP contribution in [0.2, 0.25) is 5.02 Å². The number of fused-ring (bicyclic) bond motifs is 3. The van der Waals surface area contributed by atoms with Gasteiger partial charge in [0, 0.05) is 41.5 Å². The van der Waals surface area contributed by atoms with Crippen LogP contribution in [-0.2, 0) is 24.4 Å². The molecule has 10 heteroatoms. The molecule has 208 valence electrons. The summed E-state index contributed by atoms with van der Waals surface area (Å²) in [6, 6.07) is 11.3. The molecule has 4 aromatic rings. The van der Waals surface area contributed by atoms with Crippen molar-refractivity contribution in [2.24, 2.45) is 0 Å². The van der Waals surface area contributed by atoms with Crippen LogP contribution in [0, 0.1) is 0 Å². The Bertz CT molecular complexity index is 1530. The first-order valence-electron chi connectivity index (χ1n) is 13.2. The SMILES string of the molecule is CN(C/C=C/C(=O)N1CCc2c(sc3ncnc(Nc4ccc(OCc5ccccn5)c(Cl)c4)c23)C1)C(C)(C)C. The van der Waals surface area contributed by atoms with Gasteiger partial charge in [-0.2, -0.15) is 0 Å². The molecule has 0 unspecified atom stereocenters. The van der Waals surface area contributed by atoms with E-state index < -0.39 is 0 Å². The van der Waals surface area contributed by atoms with Crippen molar-refractivity contribution in [3.63, 3.8) is 0 Å². The number of amides is 1. The van der Waals surface area contributed by atoms with E-state index >= 15 is 0 Å². The van der Waals surface area contributed by atoms with Crippen LogP contribution < -0.4 is 10.1 Å². The van der Waals surface area contributed by atoms with Gasteiger partial charge in [0.25, 0.3) is 0 Å². The van der Waals surface area contributed by atoms with E-state index in [1.54, 1.807) is 29.9 Å². The monoisotopic (exact) mass is 576 g/mol. The fourth-order valence-electron chi connectivity index (χ4n) is 4.37. The first kappa shape index (κ1) is 28.0. The third-order valence-electron chi connectivity index (χ3n) is 7.03. The summed E-state index contributed by atoms with van der Waals surface area (Å²) < 4.78 is 5.85. The Kier molecular flexibility index (Phi) is 8.35. The van der Waals surface area contributed by atoms with Crippen LogP contribution in [0.1, 0.15) is 36.9 Å². The quantitative estimate of drug-likeness (QED) is 0.249. The van der Waals surface area contributed by atoms with E-state index in [2.05, 4.69) is 53.0 Å². The summed E-state index contributed by atoms with van der Waals surface area (Å²) in [5, 5.41) is 4.91. The minimum absolute atomic E-state index is 0.0369. The Balaban J connectivity index is 1.28. The van der Waals surface area contributed by atoms with Gasteiger partial charge in [-0.25, -0.2) is 9.97 Å². The number of nitrogens with one attached hydrogen (secondary N) is 1. The number of carbonyl (C=O) groups is 1. The molecule has 8 nitrogen and oxygen atoms in total. The lowest BCUT2D eigenvalue weighted by molar-refractivity contribution is -0.126. The smallest absolute Gasteiger partial charge is 0.246 e. The molecule has 1 N–H and O–H groups in total. The number of aromatic nitrogens is 3. The lowest BCUT2D eigenvalue weighted by Gasteiger charge is -2.31. The van der Waals surface area contributed by atoms with Gasteiger partial charge >= 0.3 is 0 Å². The molecule has 3 aromatic heterocycles. The number of rotatable bonds is 8. The molecule has 1 aliphatic heterocycles. The summed E-state index contributed by atoms with van der Waals surface area (Å²) in [6.45, 7) is 8.76. The van der Waals surface area contributed by atoms with Gasteiger partial charge in [-0.3, -0.25) is 14.7 Å². The number of hydrogen-bond donors (Lipinski definition) is 1. The molecule has 0 aliphatic carbocycles. The molecule has 0 fully saturated rings. The van der Waals surface area contributed by atoms with E-state index in [9.17, 15) is 4.79 Å². The molecule has 4 heterocycles. The zero-order chi connectivity index (χ0) is 28.3. The lowest BCUT2D eigenvalue weighted by atomic mass is 10.0. The third kappa shape index (κ3) is 6.43. The third-order valence-corrected chi connectivity index (χ3v) is 8.45. The van der Waals surface area contributed by atoms with Crippen LogP contribution in [0.25, 0.3) is 10.2 Å². The van der Waals surface area contributed by atoms with Crippen LogP contribution in [0.3, 0.4) is 0 Å². The highest BCUT2D eigenvalue weighted by Gasteiger charge is 2.26. The zero-order valence-corrected chi connectivity index (χ0v) is 24.7. The Labute approximate surface area is 243 Å². The normalized spacial score (nSPS) is 13.7. The number of pyridine rings is 1.